The monoisotopic (exact) mass is 233 g/mol. The van der Waals surface area contributed by atoms with E-state index in [1.807, 2.05) is 0 Å². The third-order valence-electron chi connectivity index (χ3n) is 3.30. The van der Waals surface area contributed by atoms with Gasteiger partial charge in [-0.25, -0.2) is 0 Å². The van der Waals surface area contributed by atoms with E-state index in [-0.39, 0.29) is 0 Å². The molecule has 0 amide bonds. The molecule has 0 fully saturated rings. The van der Waals surface area contributed by atoms with Crippen LogP contribution in [-0.2, 0) is 6.42 Å². The number of rotatable bonds is 8. The third kappa shape index (κ3) is 4.51. The Labute approximate surface area is 107 Å². The van der Waals surface area contributed by atoms with Gasteiger partial charge < -0.3 is 5.32 Å². The molecule has 0 aliphatic carbocycles. The average Bonchev–Trinajstić information content (AvgIpc) is 2.39. The van der Waals surface area contributed by atoms with Crippen molar-refractivity contribution in [1.29, 1.82) is 0 Å². The zero-order valence-corrected chi connectivity index (χ0v) is 11.6. The van der Waals surface area contributed by atoms with Crippen LogP contribution >= 0.6 is 0 Å². The van der Waals surface area contributed by atoms with Gasteiger partial charge in [-0.3, -0.25) is 0 Å². The van der Waals surface area contributed by atoms with Gasteiger partial charge in [-0.1, -0.05) is 57.9 Å². The van der Waals surface area contributed by atoms with Gasteiger partial charge in [0.25, 0.3) is 0 Å². The fraction of sp³-hybridized carbons (Fsp3) is 0.625. The summed E-state index contributed by atoms with van der Waals surface area (Å²) in [6.45, 7) is 7.86. The summed E-state index contributed by atoms with van der Waals surface area (Å²) in [7, 11) is 0. The molecule has 0 aromatic heterocycles. The molecular formula is C16H27N. The van der Waals surface area contributed by atoms with Crippen LogP contribution in [0.3, 0.4) is 0 Å². The van der Waals surface area contributed by atoms with Gasteiger partial charge in [-0.2, -0.15) is 0 Å². The Bertz CT molecular complexity index is 298. The van der Waals surface area contributed by atoms with Gasteiger partial charge in [-0.15, -0.1) is 0 Å². The molecule has 0 saturated carbocycles. The van der Waals surface area contributed by atoms with Crippen LogP contribution in [0.4, 0.5) is 0 Å². The van der Waals surface area contributed by atoms with Crippen molar-refractivity contribution in [2.45, 2.75) is 58.9 Å². The molecule has 1 heteroatoms. The summed E-state index contributed by atoms with van der Waals surface area (Å²) in [6, 6.07) is 9.43. The summed E-state index contributed by atoms with van der Waals surface area (Å²) in [6.07, 6.45) is 6.18. The largest absolute Gasteiger partial charge is 0.310 e. The van der Waals surface area contributed by atoms with E-state index in [1.165, 1.54) is 36.8 Å². The second-order valence-electron chi connectivity index (χ2n) is 4.70. The van der Waals surface area contributed by atoms with Gasteiger partial charge in [0.1, 0.15) is 0 Å². The topological polar surface area (TPSA) is 12.0 Å². The normalized spacial score (nSPS) is 12.6. The van der Waals surface area contributed by atoms with Crippen LogP contribution in [0.25, 0.3) is 0 Å². The van der Waals surface area contributed by atoms with Gasteiger partial charge >= 0.3 is 0 Å². The molecule has 17 heavy (non-hydrogen) atoms. The van der Waals surface area contributed by atoms with E-state index in [1.54, 1.807) is 0 Å². The highest BCUT2D eigenvalue weighted by molar-refractivity contribution is 5.30. The predicted octanol–water partition coefficient (Wildman–Crippen LogP) is 4.48. The van der Waals surface area contributed by atoms with E-state index in [9.17, 15) is 0 Å². The van der Waals surface area contributed by atoms with Crippen LogP contribution in [0, 0.1) is 0 Å². The minimum absolute atomic E-state index is 0.547. The molecule has 1 N–H and O–H groups in total. The maximum absolute atomic E-state index is 3.70. The van der Waals surface area contributed by atoms with Crippen molar-refractivity contribution in [3.05, 3.63) is 35.4 Å². The predicted molar refractivity (Wildman–Crippen MR) is 76.4 cm³/mol. The number of aryl methyl sites for hydroxylation is 1. The van der Waals surface area contributed by atoms with E-state index in [0.717, 1.165) is 13.0 Å². The van der Waals surface area contributed by atoms with Crippen LogP contribution in [0.5, 0.6) is 0 Å². The van der Waals surface area contributed by atoms with Crippen molar-refractivity contribution >= 4 is 0 Å². The highest BCUT2D eigenvalue weighted by Gasteiger charge is 2.12. The molecule has 1 rings (SSSR count). The summed E-state index contributed by atoms with van der Waals surface area (Å²) < 4.78 is 0. The van der Waals surface area contributed by atoms with Crippen molar-refractivity contribution in [3.8, 4) is 0 Å². The van der Waals surface area contributed by atoms with Crippen molar-refractivity contribution in [2.75, 3.05) is 6.54 Å². The van der Waals surface area contributed by atoms with Gasteiger partial charge in [0.15, 0.2) is 0 Å². The Kier molecular flexibility index (Phi) is 6.95. The molecule has 0 bridgehead atoms. The summed E-state index contributed by atoms with van der Waals surface area (Å²) in [5.41, 5.74) is 3.01. The highest BCUT2D eigenvalue weighted by atomic mass is 14.9. The SMILES string of the molecule is CCCCC(NCCC)c1ccccc1CC. The number of nitrogens with one attached hydrogen (secondary N) is 1. The van der Waals surface area contributed by atoms with E-state index in [4.69, 9.17) is 0 Å². The lowest BCUT2D eigenvalue weighted by atomic mass is 9.95. The molecule has 1 unspecified atom stereocenters. The highest BCUT2D eigenvalue weighted by Crippen LogP contribution is 2.23. The lowest BCUT2D eigenvalue weighted by molar-refractivity contribution is 0.479. The molecule has 96 valence electrons. The lowest BCUT2D eigenvalue weighted by Gasteiger charge is -2.21. The Morgan fingerprint density at radius 2 is 1.82 bits per heavy atom. The van der Waals surface area contributed by atoms with E-state index in [0.29, 0.717) is 6.04 Å². The fourth-order valence-corrected chi connectivity index (χ4v) is 2.29. The molecule has 1 aromatic rings. The minimum atomic E-state index is 0.547. The first kappa shape index (κ1) is 14.2. The second kappa shape index (κ2) is 8.30. The maximum Gasteiger partial charge on any atom is 0.0322 e. The van der Waals surface area contributed by atoms with Gasteiger partial charge in [0, 0.05) is 6.04 Å². The zero-order chi connectivity index (χ0) is 12.5. The Balaban J connectivity index is 2.78. The van der Waals surface area contributed by atoms with Gasteiger partial charge in [0.2, 0.25) is 0 Å². The first-order chi connectivity index (χ1) is 8.33. The van der Waals surface area contributed by atoms with E-state index < -0.39 is 0 Å². The van der Waals surface area contributed by atoms with Crippen LogP contribution < -0.4 is 5.32 Å². The summed E-state index contributed by atoms with van der Waals surface area (Å²) in [5.74, 6) is 0. The van der Waals surface area contributed by atoms with E-state index >= 15 is 0 Å². The summed E-state index contributed by atoms with van der Waals surface area (Å²) in [5, 5.41) is 3.70. The van der Waals surface area contributed by atoms with Crippen LogP contribution in [0.2, 0.25) is 0 Å². The first-order valence-corrected chi connectivity index (χ1v) is 7.14. The first-order valence-electron chi connectivity index (χ1n) is 7.14. The Morgan fingerprint density at radius 1 is 1.06 bits per heavy atom. The summed E-state index contributed by atoms with van der Waals surface area (Å²) in [4.78, 5) is 0. The molecule has 0 heterocycles. The lowest BCUT2D eigenvalue weighted by Crippen LogP contribution is -2.23. The van der Waals surface area contributed by atoms with Gasteiger partial charge in [0.05, 0.1) is 0 Å². The Hall–Kier alpha value is -0.820. The quantitative estimate of drug-likeness (QED) is 0.698. The van der Waals surface area contributed by atoms with Gasteiger partial charge in [-0.05, 0) is 36.9 Å². The van der Waals surface area contributed by atoms with Crippen LogP contribution in [0.1, 0.15) is 63.6 Å². The molecule has 0 aliphatic heterocycles. The van der Waals surface area contributed by atoms with Crippen LogP contribution in [0.15, 0.2) is 24.3 Å². The average molecular weight is 233 g/mol. The zero-order valence-electron chi connectivity index (χ0n) is 11.6. The Morgan fingerprint density at radius 3 is 2.47 bits per heavy atom. The third-order valence-corrected chi connectivity index (χ3v) is 3.30. The minimum Gasteiger partial charge on any atom is -0.310 e. The molecule has 0 aliphatic rings. The standard InChI is InChI=1S/C16H27N/c1-4-7-12-16(17-13-5-2)15-11-9-8-10-14(15)6-3/h8-11,16-17H,4-7,12-13H2,1-3H3. The van der Waals surface area contributed by atoms with Crippen molar-refractivity contribution in [1.82, 2.24) is 5.32 Å². The number of benzene rings is 1. The maximum atomic E-state index is 3.70. The van der Waals surface area contributed by atoms with Crippen molar-refractivity contribution in [3.63, 3.8) is 0 Å². The molecule has 1 atom stereocenters. The number of unbranched alkanes of at least 4 members (excludes halogenated alkanes) is 1. The second-order valence-corrected chi connectivity index (χ2v) is 4.70. The molecule has 0 saturated heterocycles. The molecular weight excluding hydrogens is 206 g/mol. The molecule has 0 radical (unpaired) electrons. The van der Waals surface area contributed by atoms with Crippen LogP contribution in [-0.4, -0.2) is 6.54 Å². The number of hydrogen-bond acceptors (Lipinski definition) is 1. The molecule has 0 spiro atoms. The summed E-state index contributed by atoms with van der Waals surface area (Å²) >= 11 is 0. The smallest absolute Gasteiger partial charge is 0.0322 e. The fourth-order valence-electron chi connectivity index (χ4n) is 2.29. The molecule has 1 aromatic carbocycles. The molecule has 1 nitrogen and oxygen atoms in total. The van der Waals surface area contributed by atoms with E-state index in [2.05, 4.69) is 50.4 Å². The van der Waals surface area contributed by atoms with Crippen molar-refractivity contribution in [2.24, 2.45) is 0 Å². The number of hydrogen-bond donors (Lipinski definition) is 1. The van der Waals surface area contributed by atoms with Crippen molar-refractivity contribution < 1.29 is 0 Å².